The molecular weight excluding hydrogens is 378 g/mol. The summed E-state index contributed by atoms with van der Waals surface area (Å²) in [4.78, 5) is 21.9. The normalized spacial score (nSPS) is 16.3. The number of nitrogens with zero attached hydrogens (tertiary/aromatic N) is 3. The number of nitrogens with one attached hydrogen (secondary N) is 2. The van der Waals surface area contributed by atoms with Crippen molar-refractivity contribution in [2.75, 3.05) is 53.0 Å². The highest BCUT2D eigenvalue weighted by molar-refractivity contribution is 5.86. The molecule has 1 aromatic rings. The number of guanidine groups is 1. The Bertz CT molecular complexity index is 649. The summed E-state index contributed by atoms with van der Waals surface area (Å²) in [5, 5.41) is 6.75. The molecule has 30 heavy (non-hydrogen) atoms. The van der Waals surface area contributed by atoms with Crippen LogP contribution in [-0.2, 0) is 9.53 Å². The number of hydrogen-bond acceptors (Lipinski definition) is 4. The van der Waals surface area contributed by atoms with E-state index in [0.29, 0.717) is 44.9 Å². The number of morpholine rings is 1. The van der Waals surface area contributed by atoms with Crippen LogP contribution in [0.25, 0.3) is 0 Å². The molecule has 2 N–H and O–H groups in total. The third-order valence-corrected chi connectivity index (χ3v) is 5.51. The van der Waals surface area contributed by atoms with Crippen molar-refractivity contribution in [1.82, 2.24) is 20.4 Å². The Morgan fingerprint density at radius 2 is 1.73 bits per heavy atom. The fourth-order valence-corrected chi connectivity index (χ4v) is 3.87. The van der Waals surface area contributed by atoms with E-state index in [4.69, 9.17) is 4.74 Å². The maximum absolute atomic E-state index is 13.2. The molecule has 0 aromatic heterocycles. The zero-order chi connectivity index (χ0) is 21.9. The van der Waals surface area contributed by atoms with E-state index in [1.807, 2.05) is 35.2 Å². The summed E-state index contributed by atoms with van der Waals surface area (Å²) in [6.45, 7) is 13.6. The summed E-state index contributed by atoms with van der Waals surface area (Å²) in [5.74, 6) is 0.599. The second-order valence-electron chi connectivity index (χ2n) is 8.21. The smallest absolute Gasteiger partial charge is 0.232 e. The van der Waals surface area contributed by atoms with Gasteiger partial charge >= 0.3 is 0 Å². The van der Waals surface area contributed by atoms with Gasteiger partial charge < -0.3 is 20.3 Å². The maximum Gasteiger partial charge on any atom is 0.232 e. The van der Waals surface area contributed by atoms with E-state index >= 15 is 0 Å². The molecule has 0 aliphatic carbocycles. The van der Waals surface area contributed by atoms with Gasteiger partial charge in [0.15, 0.2) is 5.96 Å². The second-order valence-corrected chi connectivity index (χ2v) is 8.21. The van der Waals surface area contributed by atoms with E-state index in [-0.39, 0.29) is 11.8 Å². The highest BCUT2D eigenvalue weighted by atomic mass is 16.5. The lowest BCUT2D eigenvalue weighted by Crippen LogP contribution is -2.48. The van der Waals surface area contributed by atoms with Gasteiger partial charge in [-0.25, -0.2) is 0 Å². The molecule has 1 aromatic carbocycles. The van der Waals surface area contributed by atoms with Gasteiger partial charge in [0, 0.05) is 51.9 Å². The van der Waals surface area contributed by atoms with Crippen molar-refractivity contribution in [3.8, 4) is 0 Å². The van der Waals surface area contributed by atoms with Gasteiger partial charge in [-0.2, -0.15) is 0 Å². The summed E-state index contributed by atoms with van der Waals surface area (Å²) in [5.41, 5.74) is 1.02. The predicted molar refractivity (Wildman–Crippen MR) is 123 cm³/mol. The number of carbonyl (C=O) groups excluding carboxylic acids is 1. The van der Waals surface area contributed by atoms with E-state index in [1.165, 1.54) is 0 Å². The average molecular weight is 418 g/mol. The maximum atomic E-state index is 13.2. The van der Waals surface area contributed by atoms with E-state index in [1.54, 1.807) is 7.05 Å². The molecule has 1 saturated heterocycles. The fourth-order valence-electron chi connectivity index (χ4n) is 3.87. The molecule has 1 amide bonds. The number of hydrogen-bond donors (Lipinski definition) is 2. The Morgan fingerprint density at radius 3 is 2.30 bits per heavy atom. The van der Waals surface area contributed by atoms with Gasteiger partial charge in [-0.3, -0.25) is 14.7 Å². The molecule has 1 atom stereocenters. The topological polar surface area (TPSA) is 69.2 Å². The van der Waals surface area contributed by atoms with Crippen molar-refractivity contribution in [1.29, 1.82) is 0 Å². The van der Waals surface area contributed by atoms with Crippen LogP contribution >= 0.6 is 0 Å². The van der Waals surface area contributed by atoms with E-state index in [0.717, 1.165) is 24.6 Å². The number of amides is 1. The molecule has 168 valence electrons. The minimum absolute atomic E-state index is 0.137. The summed E-state index contributed by atoms with van der Waals surface area (Å²) in [6, 6.07) is 11.0. The number of carbonyl (C=O) groups is 1. The lowest BCUT2D eigenvalue weighted by Gasteiger charge is -2.31. The van der Waals surface area contributed by atoms with Crippen LogP contribution in [0.4, 0.5) is 0 Å². The van der Waals surface area contributed by atoms with Gasteiger partial charge in [0.1, 0.15) is 0 Å². The van der Waals surface area contributed by atoms with Gasteiger partial charge in [0.2, 0.25) is 5.91 Å². The first-order valence-electron chi connectivity index (χ1n) is 11.1. The lowest BCUT2D eigenvalue weighted by molar-refractivity contribution is -0.136. The Kier molecular flexibility index (Phi) is 10.1. The van der Waals surface area contributed by atoms with Gasteiger partial charge in [0.25, 0.3) is 0 Å². The van der Waals surface area contributed by atoms with Crippen molar-refractivity contribution < 1.29 is 9.53 Å². The Morgan fingerprint density at radius 1 is 1.10 bits per heavy atom. The van der Waals surface area contributed by atoms with Crippen LogP contribution < -0.4 is 10.6 Å². The van der Waals surface area contributed by atoms with E-state index in [9.17, 15) is 4.79 Å². The molecule has 7 nitrogen and oxygen atoms in total. The first-order valence-corrected chi connectivity index (χ1v) is 11.1. The summed E-state index contributed by atoms with van der Waals surface area (Å²) in [6.07, 6.45) is 0. The van der Waals surface area contributed by atoms with Gasteiger partial charge in [-0.05, 0) is 33.3 Å². The van der Waals surface area contributed by atoms with Gasteiger partial charge in [0.05, 0.1) is 19.1 Å². The van der Waals surface area contributed by atoms with Crippen LogP contribution in [0.5, 0.6) is 0 Å². The molecular formula is C23H39N5O2. The van der Waals surface area contributed by atoms with Crippen molar-refractivity contribution >= 4 is 11.9 Å². The number of aliphatic imine (C=N–C) groups is 1. The fraction of sp³-hybridized carbons (Fsp3) is 0.652. The standard InChI is InChI=1S/C23H39N5O2/c1-18(2)28(19(3)4)12-11-25-23(24-5)26-17-21(20-9-7-6-8-10-20)22(29)27-13-15-30-16-14-27/h6-10,18-19,21H,11-17H2,1-5H3,(H2,24,25,26). The zero-order valence-electron chi connectivity index (χ0n) is 19.2. The second kappa shape index (κ2) is 12.5. The lowest BCUT2D eigenvalue weighted by atomic mass is 9.97. The van der Waals surface area contributed by atoms with Crippen molar-refractivity contribution in [3.05, 3.63) is 35.9 Å². The first kappa shape index (κ1) is 24.2. The molecule has 0 radical (unpaired) electrons. The molecule has 0 spiro atoms. The highest BCUT2D eigenvalue weighted by Crippen LogP contribution is 2.18. The molecule has 1 fully saturated rings. The van der Waals surface area contributed by atoms with Gasteiger partial charge in [-0.15, -0.1) is 0 Å². The van der Waals surface area contributed by atoms with Gasteiger partial charge in [-0.1, -0.05) is 30.3 Å². The highest BCUT2D eigenvalue weighted by Gasteiger charge is 2.27. The third-order valence-electron chi connectivity index (χ3n) is 5.51. The summed E-state index contributed by atoms with van der Waals surface area (Å²) < 4.78 is 5.41. The SMILES string of the molecule is CN=C(NCCN(C(C)C)C(C)C)NCC(C(=O)N1CCOCC1)c1ccccc1. The molecule has 0 bridgehead atoms. The van der Waals surface area contributed by atoms with Crippen molar-refractivity contribution in [2.24, 2.45) is 4.99 Å². The van der Waals surface area contributed by atoms with E-state index in [2.05, 4.69) is 48.2 Å². The number of rotatable bonds is 9. The number of ether oxygens (including phenoxy) is 1. The third kappa shape index (κ3) is 7.29. The molecule has 1 heterocycles. The quantitative estimate of drug-likeness (QED) is 0.475. The Labute approximate surface area is 181 Å². The summed E-state index contributed by atoms with van der Waals surface area (Å²) >= 11 is 0. The molecule has 1 unspecified atom stereocenters. The molecule has 7 heteroatoms. The molecule has 1 aliphatic rings. The minimum atomic E-state index is -0.259. The monoisotopic (exact) mass is 417 g/mol. The zero-order valence-corrected chi connectivity index (χ0v) is 19.2. The van der Waals surface area contributed by atoms with Crippen LogP contribution in [0.3, 0.4) is 0 Å². The predicted octanol–water partition coefficient (Wildman–Crippen LogP) is 1.91. The van der Waals surface area contributed by atoms with Crippen molar-refractivity contribution in [3.63, 3.8) is 0 Å². The van der Waals surface area contributed by atoms with Crippen LogP contribution in [0.15, 0.2) is 35.3 Å². The first-order chi connectivity index (χ1) is 14.4. The van der Waals surface area contributed by atoms with Crippen LogP contribution in [0, 0.1) is 0 Å². The molecule has 0 saturated carbocycles. The average Bonchev–Trinajstić information content (AvgIpc) is 2.76. The summed E-state index contributed by atoms with van der Waals surface area (Å²) in [7, 11) is 1.76. The van der Waals surface area contributed by atoms with E-state index < -0.39 is 0 Å². The minimum Gasteiger partial charge on any atom is -0.378 e. The number of benzene rings is 1. The van der Waals surface area contributed by atoms with Crippen LogP contribution in [0.2, 0.25) is 0 Å². The molecule has 1 aliphatic heterocycles. The van der Waals surface area contributed by atoms with Crippen LogP contribution in [0.1, 0.15) is 39.2 Å². The Hall–Kier alpha value is -2.12. The van der Waals surface area contributed by atoms with Crippen LogP contribution in [-0.4, -0.2) is 86.7 Å². The Balaban J connectivity index is 1.96. The largest absolute Gasteiger partial charge is 0.378 e. The molecule has 2 rings (SSSR count). The van der Waals surface area contributed by atoms with Crippen molar-refractivity contribution in [2.45, 2.75) is 45.7 Å².